The number of hydrogen-bond donors (Lipinski definition) is 3. The highest BCUT2D eigenvalue weighted by Crippen LogP contribution is 2.40. The lowest BCUT2D eigenvalue weighted by molar-refractivity contribution is -0.147. The minimum absolute atomic E-state index is 0.187. The summed E-state index contributed by atoms with van der Waals surface area (Å²) in [6.07, 6.45) is 5.11. The van der Waals surface area contributed by atoms with Gasteiger partial charge in [-0.15, -0.1) is 0 Å². The molecule has 0 aromatic carbocycles. The van der Waals surface area contributed by atoms with Crippen LogP contribution in [0, 0.1) is 11.8 Å². The maximum absolute atomic E-state index is 12.3. The van der Waals surface area contributed by atoms with Gasteiger partial charge in [0.2, 0.25) is 0 Å². The maximum atomic E-state index is 12.3. The van der Waals surface area contributed by atoms with Gasteiger partial charge in [0.25, 0.3) is 11.8 Å². The van der Waals surface area contributed by atoms with Gasteiger partial charge in [-0.05, 0) is 60.5 Å². The second-order valence-electron chi connectivity index (χ2n) is 8.39. The second kappa shape index (κ2) is 6.73. The average Bonchev–Trinajstić information content (AvgIpc) is 3.24. The predicted octanol–water partition coefficient (Wildman–Crippen LogP) is 1.62. The Kier molecular flexibility index (Phi) is 4.62. The molecule has 4 N–H and O–H groups in total. The zero-order valence-electron chi connectivity index (χ0n) is 15.9. The molecule has 3 heterocycles. The van der Waals surface area contributed by atoms with Crippen LogP contribution in [0.4, 0.5) is 5.69 Å². The Balaban J connectivity index is 1.52. The van der Waals surface area contributed by atoms with Crippen LogP contribution in [0.15, 0.2) is 22.9 Å². The number of nitrogens with zero attached hydrogens (tertiary/aromatic N) is 3. The van der Waals surface area contributed by atoms with Crippen molar-refractivity contribution in [2.75, 3.05) is 18.4 Å². The van der Waals surface area contributed by atoms with E-state index in [4.69, 9.17) is 5.73 Å². The van der Waals surface area contributed by atoms with Gasteiger partial charge in [-0.2, -0.15) is 5.10 Å². The lowest BCUT2D eigenvalue weighted by Gasteiger charge is -2.26. The largest absolute Gasteiger partial charge is 0.381 e. The Morgan fingerprint density at radius 1 is 1.32 bits per heavy atom. The van der Waals surface area contributed by atoms with E-state index in [0.717, 1.165) is 22.8 Å². The Bertz CT molecular complexity index is 937. The first-order valence-electron chi connectivity index (χ1n) is 9.38. The van der Waals surface area contributed by atoms with Crippen LogP contribution in [0.2, 0.25) is 0 Å². The standard InChI is InChI=1S/C19H24BrN5O3/c1-19(2,28)18(27)24-7-10-3-13(4-11(10)8-24)23-16-14(17(21)26)6-22-25-9-12(20)5-15(16)25/h5-6,9-11,13,23,28H,3-4,7-8H2,1-2H3,(H2,21,26). The molecule has 2 unspecified atom stereocenters. The van der Waals surface area contributed by atoms with Gasteiger partial charge in [-0.25, -0.2) is 4.52 Å². The van der Waals surface area contributed by atoms with E-state index in [0.29, 0.717) is 36.2 Å². The maximum Gasteiger partial charge on any atom is 0.253 e. The zero-order chi connectivity index (χ0) is 20.2. The van der Waals surface area contributed by atoms with Crippen LogP contribution in [0.3, 0.4) is 0 Å². The number of primary amides is 1. The zero-order valence-corrected chi connectivity index (χ0v) is 17.4. The van der Waals surface area contributed by atoms with Crippen molar-refractivity contribution >= 4 is 38.9 Å². The van der Waals surface area contributed by atoms with Crippen LogP contribution in [-0.4, -0.2) is 56.2 Å². The highest BCUT2D eigenvalue weighted by atomic mass is 79.9. The fourth-order valence-electron chi connectivity index (χ4n) is 4.54. The molecule has 2 atom stereocenters. The molecule has 2 aromatic heterocycles. The number of carbonyl (C=O) groups excluding carboxylic acids is 2. The molecule has 150 valence electrons. The highest BCUT2D eigenvalue weighted by molar-refractivity contribution is 9.10. The van der Waals surface area contributed by atoms with Crippen LogP contribution in [0.5, 0.6) is 0 Å². The van der Waals surface area contributed by atoms with Crippen molar-refractivity contribution in [3.63, 3.8) is 0 Å². The van der Waals surface area contributed by atoms with Crippen molar-refractivity contribution in [3.8, 4) is 0 Å². The van der Waals surface area contributed by atoms with Crippen molar-refractivity contribution in [1.82, 2.24) is 14.5 Å². The minimum Gasteiger partial charge on any atom is -0.381 e. The van der Waals surface area contributed by atoms with Gasteiger partial charge in [-0.1, -0.05) is 0 Å². The molecule has 0 bridgehead atoms. The highest BCUT2D eigenvalue weighted by Gasteiger charge is 2.44. The van der Waals surface area contributed by atoms with Gasteiger partial charge >= 0.3 is 0 Å². The molecule has 28 heavy (non-hydrogen) atoms. The van der Waals surface area contributed by atoms with Crippen LogP contribution in [0.25, 0.3) is 5.52 Å². The predicted molar refractivity (Wildman–Crippen MR) is 108 cm³/mol. The van der Waals surface area contributed by atoms with E-state index in [1.54, 1.807) is 9.42 Å². The van der Waals surface area contributed by atoms with Crippen LogP contribution in [-0.2, 0) is 4.79 Å². The average molecular weight is 450 g/mol. The third kappa shape index (κ3) is 3.37. The number of likely N-dealkylation sites (tertiary alicyclic amines) is 1. The van der Waals surface area contributed by atoms with Crippen LogP contribution in [0.1, 0.15) is 37.0 Å². The van der Waals surface area contributed by atoms with Gasteiger partial charge in [0.1, 0.15) is 5.60 Å². The SMILES string of the molecule is CC(C)(O)C(=O)N1CC2CC(Nc3c(C(N)=O)cnn4cc(Br)cc34)CC2C1. The van der Waals surface area contributed by atoms with E-state index < -0.39 is 11.5 Å². The number of fused-ring (bicyclic) bond motifs is 2. The Morgan fingerprint density at radius 2 is 1.96 bits per heavy atom. The molecule has 4 rings (SSSR count). The first-order valence-corrected chi connectivity index (χ1v) is 10.2. The van der Waals surface area contributed by atoms with Crippen LogP contribution < -0.4 is 11.1 Å². The molecule has 8 nitrogen and oxygen atoms in total. The van der Waals surface area contributed by atoms with E-state index in [-0.39, 0.29) is 11.9 Å². The summed E-state index contributed by atoms with van der Waals surface area (Å²) >= 11 is 3.45. The van der Waals surface area contributed by atoms with E-state index in [1.807, 2.05) is 12.3 Å². The quantitative estimate of drug-likeness (QED) is 0.655. The molecule has 2 aliphatic rings. The number of halogens is 1. The summed E-state index contributed by atoms with van der Waals surface area (Å²) in [5.41, 5.74) is 6.08. The molecule has 1 saturated heterocycles. The summed E-state index contributed by atoms with van der Waals surface area (Å²) < 4.78 is 2.58. The number of rotatable bonds is 4. The number of aromatic nitrogens is 2. The van der Waals surface area contributed by atoms with Gasteiger partial charge < -0.3 is 21.1 Å². The van der Waals surface area contributed by atoms with Crippen molar-refractivity contribution in [2.24, 2.45) is 17.6 Å². The number of anilines is 1. The molecule has 2 fully saturated rings. The molecular formula is C19H24BrN5O3. The Morgan fingerprint density at radius 3 is 2.54 bits per heavy atom. The Hall–Kier alpha value is -2.13. The van der Waals surface area contributed by atoms with Crippen molar-refractivity contribution in [1.29, 1.82) is 0 Å². The monoisotopic (exact) mass is 449 g/mol. The molecule has 9 heteroatoms. The second-order valence-corrected chi connectivity index (χ2v) is 9.30. The number of aliphatic hydroxyl groups is 1. The summed E-state index contributed by atoms with van der Waals surface area (Å²) in [4.78, 5) is 26.0. The van der Waals surface area contributed by atoms with Crippen molar-refractivity contribution in [3.05, 3.63) is 28.5 Å². The molecule has 1 aliphatic heterocycles. The van der Waals surface area contributed by atoms with Crippen molar-refractivity contribution < 1.29 is 14.7 Å². The molecule has 0 spiro atoms. The van der Waals surface area contributed by atoms with E-state index in [9.17, 15) is 14.7 Å². The molecule has 2 aromatic rings. The number of nitrogens with one attached hydrogen (secondary N) is 1. The Labute approximate surface area is 171 Å². The third-order valence-corrected chi connectivity index (χ3v) is 6.21. The molecule has 1 saturated carbocycles. The first kappa shape index (κ1) is 19.2. The summed E-state index contributed by atoms with van der Waals surface area (Å²) in [6, 6.07) is 2.09. The van der Waals surface area contributed by atoms with Gasteiger partial charge in [0, 0.05) is 29.8 Å². The fourth-order valence-corrected chi connectivity index (χ4v) is 4.95. The molecule has 1 aliphatic carbocycles. The topological polar surface area (TPSA) is 113 Å². The first-order chi connectivity index (χ1) is 13.1. The number of amides is 2. The minimum atomic E-state index is -1.34. The summed E-state index contributed by atoms with van der Waals surface area (Å²) in [6.45, 7) is 4.39. The normalized spacial score (nSPS) is 24.6. The molecule has 0 radical (unpaired) electrons. The summed E-state index contributed by atoms with van der Waals surface area (Å²) in [7, 11) is 0. The molecule has 2 amide bonds. The number of hydrogen-bond acceptors (Lipinski definition) is 5. The van der Waals surface area contributed by atoms with Gasteiger partial charge in [0.05, 0.1) is 23.0 Å². The van der Waals surface area contributed by atoms with E-state index in [2.05, 4.69) is 26.3 Å². The fraction of sp³-hybridized carbons (Fsp3) is 0.526. The van der Waals surface area contributed by atoms with Gasteiger partial charge in [-0.3, -0.25) is 9.59 Å². The smallest absolute Gasteiger partial charge is 0.253 e. The van der Waals surface area contributed by atoms with E-state index >= 15 is 0 Å². The number of carbonyl (C=O) groups is 2. The molecular weight excluding hydrogens is 426 g/mol. The lowest BCUT2D eigenvalue weighted by atomic mass is 10.0. The van der Waals surface area contributed by atoms with Crippen molar-refractivity contribution in [2.45, 2.75) is 38.3 Å². The van der Waals surface area contributed by atoms with E-state index in [1.165, 1.54) is 20.0 Å². The number of nitrogens with two attached hydrogens (primary N) is 1. The lowest BCUT2D eigenvalue weighted by Crippen LogP contribution is -2.44. The van der Waals surface area contributed by atoms with Gasteiger partial charge in [0.15, 0.2) is 0 Å². The summed E-state index contributed by atoms with van der Waals surface area (Å²) in [5.74, 6) is 0.0423. The summed E-state index contributed by atoms with van der Waals surface area (Å²) in [5, 5.41) is 17.7. The van der Waals surface area contributed by atoms with Crippen LogP contribution >= 0.6 is 15.9 Å². The third-order valence-electron chi connectivity index (χ3n) is 5.78.